The Morgan fingerprint density at radius 3 is 2.03 bits per heavy atom. The molecule has 0 saturated heterocycles. The molecule has 3 aromatic carbocycles. The molecule has 0 unspecified atom stereocenters. The number of amides is 2. The number of hydrogen-bond donors (Lipinski definition) is 2. The number of anilines is 1. The van der Waals surface area contributed by atoms with Crippen LogP contribution in [0, 0.1) is 5.82 Å². The fourth-order valence-electron chi connectivity index (χ4n) is 3.00. The lowest BCUT2D eigenvalue weighted by Crippen LogP contribution is -2.33. The van der Waals surface area contributed by atoms with Crippen LogP contribution in [0.3, 0.4) is 0 Å². The Morgan fingerprint density at radius 2 is 1.45 bits per heavy atom. The summed E-state index contributed by atoms with van der Waals surface area (Å²) in [6.45, 7) is 0. The van der Waals surface area contributed by atoms with Gasteiger partial charge in [0.15, 0.2) is 5.13 Å². The first-order valence-corrected chi connectivity index (χ1v) is 9.96. The van der Waals surface area contributed by atoms with Gasteiger partial charge in [-0.2, -0.15) is 0 Å². The van der Waals surface area contributed by atoms with Crippen molar-refractivity contribution in [2.45, 2.75) is 6.04 Å². The number of nitrogens with one attached hydrogen (secondary N) is 2. The summed E-state index contributed by atoms with van der Waals surface area (Å²) < 4.78 is 13.1. The maximum absolute atomic E-state index is 13.1. The number of thiazole rings is 1. The van der Waals surface area contributed by atoms with E-state index in [0.717, 1.165) is 16.7 Å². The van der Waals surface area contributed by atoms with Crippen molar-refractivity contribution in [1.29, 1.82) is 0 Å². The van der Waals surface area contributed by atoms with E-state index in [1.165, 1.54) is 23.5 Å². The van der Waals surface area contributed by atoms with Crippen molar-refractivity contribution >= 4 is 22.5 Å². The van der Waals surface area contributed by atoms with Gasteiger partial charge in [0.2, 0.25) is 0 Å². The van der Waals surface area contributed by atoms with E-state index in [0.29, 0.717) is 10.8 Å². The lowest BCUT2D eigenvalue weighted by Gasteiger charge is -2.19. The first-order valence-electron chi connectivity index (χ1n) is 9.08. The van der Waals surface area contributed by atoms with Crippen molar-refractivity contribution in [2.24, 2.45) is 0 Å². The molecule has 6 heteroatoms. The number of nitrogens with zero attached hydrogens (tertiary/aromatic N) is 1. The molecule has 0 spiro atoms. The van der Waals surface area contributed by atoms with Gasteiger partial charge in [0.1, 0.15) is 5.82 Å². The number of hydrogen-bond acceptors (Lipinski definition) is 3. The summed E-state index contributed by atoms with van der Waals surface area (Å²) in [4.78, 5) is 17.1. The number of aromatic nitrogens is 1. The average Bonchev–Trinajstić information content (AvgIpc) is 3.22. The Morgan fingerprint density at radius 1 is 0.862 bits per heavy atom. The van der Waals surface area contributed by atoms with Crippen LogP contribution in [0.25, 0.3) is 11.3 Å². The fourth-order valence-corrected chi connectivity index (χ4v) is 3.71. The van der Waals surface area contributed by atoms with E-state index >= 15 is 0 Å². The number of urea groups is 1. The summed E-state index contributed by atoms with van der Waals surface area (Å²) in [5.74, 6) is -0.297. The van der Waals surface area contributed by atoms with Crippen molar-refractivity contribution in [3.8, 4) is 11.3 Å². The summed E-state index contributed by atoms with van der Waals surface area (Å²) in [7, 11) is 0. The van der Waals surface area contributed by atoms with Crippen LogP contribution in [0.4, 0.5) is 14.3 Å². The molecule has 0 aliphatic carbocycles. The molecule has 0 radical (unpaired) electrons. The number of halogens is 1. The smallest absolute Gasteiger partial charge is 0.321 e. The standard InChI is InChI=1S/C23H18FN3OS/c24-19-13-11-16(12-14-19)20-15-29-23(25-20)27-22(28)26-21(17-7-3-1-4-8-17)18-9-5-2-6-10-18/h1-15,21H,(H2,25,26,27,28). The SMILES string of the molecule is O=C(Nc1nc(-c2ccc(F)cc2)cs1)NC(c1ccccc1)c1ccccc1. The van der Waals surface area contributed by atoms with Crippen LogP contribution in [0.5, 0.6) is 0 Å². The van der Waals surface area contributed by atoms with Crippen molar-refractivity contribution in [3.05, 3.63) is 107 Å². The number of carbonyl (C=O) groups is 1. The number of benzene rings is 3. The van der Waals surface area contributed by atoms with Crippen LogP contribution in [-0.4, -0.2) is 11.0 Å². The van der Waals surface area contributed by atoms with Gasteiger partial charge in [-0.25, -0.2) is 14.2 Å². The molecule has 4 rings (SSSR count). The summed E-state index contributed by atoms with van der Waals surface area (Å²) in [6.07, 6.45) is 0. The summed E-state index contributed by atoms with van der Waals surface area (Å²) in [5.41, 5.74) is 3.45. The highest BCUT2D eigenvalue weighted by molar-refractivity contribution is 7.14. The maximum atomic E-state index is 13.1. The van der Waals surface area contributed by atoms with E-state index < -0.39 is 0 Å². The minimum atomic E-state index is -0.345. The summed E-state index contributed by atoms with van der Waals surface area (Å²) in [5, 5.41) is 8.12. The third-order valence-electron chi connectivity index (χ3n) is 4.41. The molecule has 4 aromatic rings. The molecule has 144 valence electrons. The Labute approximate surface area is 172 Å². The van der Waals surface area contributed by atoms with Crippen LogP contribution in [0.2, 0.25) is 0 Å². The van der Waals surface area contributed by atoms with E-state index in [-0.39, 0.29) is 17.9 Å². The molecular formula is C23H18FN3OS. The molecule has 4 nitrogen and oxygen atoms in total. The average molecular weight is 403 g/mol. The van der Waals surface area contributed by atoms with Crippen molar-refractivity contribution in [3.63, 3.8) is 0 Å². The third-order valence-corrected chi connectivity index (χ3v) is 5.16. The van der Waals surface area contributed by atoms with Crippen molar-refractivity contribution in [2.75, 3.05) is 5.32 Å². The second kappa shape index (κ2) is 8.67. The van der Waals surface area contributed by atoms with Crippen LogP contribution < -0.4 is 10.6 Å². The minimum Gasteiger partial charge on any atom is -0.327 e. The zero-order chi connectivity index (χ0) is 20.1. The lowest BCUT2D eigenvalue weighted by molar-refractivity contribution is 0.250. The molecule has 2 N–H and O–H groups in total. The molecule has 0 aliphatic heterocycles. The van der Waals surface area contributed by atoms with Crippen molar-refractivity contribution in [1.82, 2.24) is 10.3 Å². The molecule has 1 heterocycles. The van der Waals surface area contributed by atoms with E-state index in [1.807, 2.05) is 66.0 Å². The molecule has 1 aromatic heterocycles. The largest absolute Gasteiger partial charge is 0.327 e. The number of carbonyl (C=O) groups excluding carboxylic acids is 1. The minimum absolute atomic E-state index is 0.283. The molecule has 0 atom stereocenters. The van der Waals surface area contributed by atoms with E-state index in [1.54, 1.807) is 12.1 Å². The van der Waals surface area contributed by atoms with Gasteiger partial charge in [-0.05, 0) is 35.4 Å². The van der Waals surface area contributed by atoms with Gasteiger partial charge in [-0.15, -0.1) is 11.3 Å². The zero-order valence-electron chi connectivity index (χ0n) is 15.4. The highest BCUT2D eigenvalue weighted by Crippen LogP contribution is 2.26. The predicted molar refractivity (Wildman–Crippen MR) is 114 cm³/mol. The molecule has 0 saturated carbocycles. The number of rotatable bonds is 5. The summed E-state index contributed by atoms with van der Waals surface area (Å²) in [6, 6.07) is 25.1. The van der Waals surface area contributed by atoms with Gasteiger partial charge in [0, 0.05) is 10.9 Å². The first kappa shape index (κ1) is 18.8. The van der Waals surface area contributed by atoms with Crippen LogP contribution >= 0.6 is 11.3 Å². The third kappa shape index (κ3) is 4.67. The van der Waals surface area contributed by atoms with Gasteiger partial charge in [0.25, 0.3) is 0 Å². The molecule has 0 aliphatic rings. The Hall–Kier alpha value is -3.51. The maximum Gasteiger partial charge on any atom is 0.321 e. The first-order chi connectivity index (χ1) is 14.2. The molecule has 0 bridgehead atoms. The monoisotopic (exact) mass is 403 g/mol. The highest BCUT2D eigenvalue weighted by Gasteiger charge is 2.17. The van der Waals surface area contributed by atoms with Crippen molar-refractivity contribution < 1.29 is 9.18 Å². The Bertz CT molecular complexity index is 1040. The highest BCUT2D eigenvalue weighted by atomic mass is 32.1. The molecule has 0 fully saturated rings. The molecular weight excluding hydrogens is 385 g/mol. The van der Waals surface area contributed by atoms with Crippen LogP contribution in [0.15, 0.2) is 90.3 Å². The van der Waals surface area contributed by atoms with E-state index in [2.05, 4.69) is 15.6 Å². The van der Waals surface area contributed by atoms with E-state index in [9.17, 15) is 9.18 Å². The fraction of sp³-hybridized carbons (Fsp3) is 0.0435. The summed E-state index contributed by atoms with van der Waals surface area (Å²) >= 11 is 1.32. The Balaban J connectivity index is 1.49. The normalized spacial score (nSPS) is 10.7. The second-order valence-corrected chi connectivity index (χ2v) is 7.26. The molecule has 29 heavy (non-hydrogen) atoms. The second-order valence-electron chi connectivity index (χ2n) is 6.40. The Kier molecular flexibility index (Phi) is 5.63. The topological polar surface area (TPSA) is 54.0 Å². The zero-order valence-corrected chi connectivity index (χ0v) is 16.2. The van der Waals surface area contributed by atoms with Gasteiger partial charge in [-0.3, -0.25) is 5.32 Å². The molecule has 2 amide bonds. The van der Waals surface area contributed by atoms with Gasteiger partial charge < -0.3 is 5.32 Å². The van der Waals surface area contributed by atoms with Gasteiger partial charge in [-0.1, -0.05) is 60.7 Å². The van der Waals surface area contributed by atoms with Gasteiger partial charge >= 0.3 is 6.03 Å². The van der Waals surface area contributed by atoms with Gasteiger partial charge in [0.05, 0.1) is 11.7 Å². The quantitative estimate of drug-likeness (QED) is 0.438. The lowest BCUT2D eigenvalue weighted by atomic mass is 9.99. The van der Waals surface area contributed by atoms with E-state index in [4.69, 9.17) is 0 Å². The van der Waals surface area contributed by atoms with Crippen LogP contribution in [0.1, 0.15) is 17.2 Å². The van der Waals surface area contributed by atoms with Crippen LogP contribution in [-0.2, 0) is 0 Å². The predicted octanol–water partition coefficient (Wildman–Crippen LogP) is 5.86.